The van der Waals surface area contributed by atoms with E-state index in [0.29, 0.717) is 5.56 Å². The number of aromatic nitrogens is 2. The zero-order valence-electron chi connectivity index (χ0n) is 13.2. The number of thioether (sulfide) groups is 1. The summed E-state index contributed by atoms with van der Waals surface area (Å²) in [6, 6.07) is 5.60. The Labute approximate surface area is 148 Å². The average molecular weight is 367 g/mol. The van der Waals surface area contributed by atoms with E-state index in [1.807, 2.05) is 6.92 Å². The minimum Gasteiger partial charge on any atom is -0.376 e. The Hall–Kier alpha value is -1.51. The predicted octanol–water partition coefficient (Wildman–Crippen LogP) is 3.63. The molecule has 3 rings (SSSR count). The van der Waals surface area contributed by atoms with Gasteiger partial charge in [0.2, 0.25) is 5.13 Å². The van der Waals surface area contributed by atoms with Gasteiger partial charge in [-0.2, -0.15) is 0 Å². The van der Waals surface area contributed by atoms with E-state index in [9.17, 15) is 9.18 Å². The van der Waals surface area contributed by atoms with Gasteiger partial charge in [-0.25, -0.2) is 4.39 Å². The molecule has 8 heteroatoms. The van der Waals surface area contributed by atoms with E-state index in [4.69, 9.17) is 4.74 Å². The number of ether oxygens (including phenoxy) is 1. The molecule has 1 aliphatic rings. The average Bonchev–Trinajstić information content (AvgIpc) is 3.24. The van der Waals surface area contributed by atoms with Crippen LogP contribution in [0.4, 0.5) is 9.52 Å². The third-order valence-electron chi connectivity index (χ3n) is 3.69. The highest BCUT2D eigenvalue weighted by Gasteiger charge is 2.20. The zero-order valence-corrected chi connectivity index (χ0v) is 14.8. The van der Waals surface area contributed by atoms with Crippen molar-refractivity contribution >= 4 is 34.0 Å². The SMILES string of the molecule is C[C@H](Sc1nnc(NC[C@H]2CCCO2)s1)C(=O)c1ccc(F)cc1. The van der Waals surface area contributed by atoms with Crippen LogP contribution in [0.25, 0.3) is 0 Å². The molecule has 1 aromatic heterocycles. The molecule has 1 N–H and O–H groups in total. The summed E-state index contributed by atoms with van der Waals surface area (Å²) in [7, 11) is 0. The van der Waals surface area contributed by atoms with Crippen LogP contribution < -0.4 is 5.32 Å². The largest absolute Gasteiger partial charge is 0.376 e. The van der Waals surface area contributed by atoms with E-state index in [1.54, 1.807) is 0 Å². The Bertz CT molecular complexity index is 687. The van der Waals surface area contributed by atoms with Crippen LogP contribution >= 0.6 is 23.1 Å². The number of nitrogens with one attached hydrogen (secondary N) is 1. The van der Waals surface area contributed by atoms with Gasteiger partial charge in [0.05, 0.1) is 11.4 Å². The molecule has 5 nitrogen and oxygen atoms in total. The van der Waals surface area contributed by atoms with Crippen LogP contribution in [0.5, 0.6) is 0 Å². The van der Waals surface area contributed by atoms with Crippen LogP contribution in [0.1, 0.15) is 30.1 Å². The first-order valence-electron chi connectivity index (χ1n) is 7.77. The summed E-state index contributed by atoms with van der Waals surface area (Å²) in [5.41, 5.74) is 0.498. The van der Waals surface area contributed by atoms with Crippen molar-refractivity contribution in [2.45, 2.75) is 35.5 Å². The number of hydrogen-bond donors (Lipinski definition) is 1. The topological polar surface area (TPSA) is 64.1 Å². The predicted molar refractivity (Wildman–Crippen MR) is 93.4 cm³/mol. The number of Topliss-reactive ketones (excluding diaryl/α,β-unsaturated/α-hetero) is 1. The number of rotatable bonds is 7. The molecule has 0 aliphatic carbocycles. The van der Waals surface area contributed by atoms with Crippen LogP contribution in [0, 0.1) is 5.82 Å². The van der Waals surface area contributed by atoms with Crippen molar-refractivity contribution in [3.05, 3.63) is 35.6 Å². The van der Waals surface area contributed by atoms with Gasteiger partial charge in [0.15, 0.2) is 10.1 Å². The lowest BCUT2D eigenvalue weighted by molar-refractivity contribution is 0.0994. The summed E-state index contributed by atoms with van der Waals surface area (Å²) < 4.78 is 19.2. The van der Waals surface area contributed by atoms with Gasteiger partial charge >= 0.3 is 0 Å². The fraction of sp³-hybridized carbons (Fsp3) is 0.438. The van der Waals surface area contributed by atoms with Gasteiger partial charge in [0, 0.05) is 18.7 Å². The third-order valence-corrected chi connectivity index (χ3v) is 5.75. The summed E-state index contributed by atoms with van der Waals surface area (Å²) in [6.45, 7) is 3.37. The van der Waals surface area contributed by atoms with Crippen LogP contribution in [-0.2, 0) is 4.74 Å². The number of nitrogens with zero attached hydrogens (tertiary/aromatic N) is 2. The summed E-state index contributed by atoms with van der Waals surface area (Å²) in [5.74, 6) is -0.401. The van der Waals surface area contributed by atoms with Gasteiger partial charge in [0.1, 0.15) is 5.82 Å². The molecule has 0 spiro atoms. The van der Waals surface area contributed by atoms with Gasteiger partial charge in [-0.1, -0.05) is 23.1 Å². The normalized spacial score (nSPS) is 18.5. The lowest BCUT2D eigenvalue weighted by atomic mass is 10.1. The molecule has 2 aromatic rings. The maximum atomic E-state index is 12.9. The number of ketones is 1. The molecular weight excluding hydrogens is 349 g/mol. The minimum atomic E-state index is -0.349. The standard InChI is InChI=1S/C16H18FN3O2S2/c1-10(14(21)11-4-6-12(17)7-5-11)23-16-20-19-15(24-16)18-9-13-3-2-8-22-13/h4-7,10,13H,2-3,8-9H2,1H3,(H,18,19)/t10-,13+/m0/s1. The minimum absolute atomic E-state index is 0.0518. The summed E-state index contributed by atoms with van der Waals surface area (Å²) in [6.07, 6.45) is 2.41. The maximum Gasteiger partial charge on any atom is 0.206 e. The van der Waals surface area contributed by atoms with Crippen molar-refractivity contribution in [1.82, 2.24) is 10.2 Å². The Morgan fingerprint density at radius 3 is 2.96 bits per heavy atom. The molecule has 0 amide bonds. The van der Waals surface area contributed by atoms with Crippen molar-refractivity contribution < 1.29 is 13.9 Å². The highest BCUT2D eigenvalue weighted by atomic mass is 32.2. The molecule has 0 saturated carbocycles. The summed E-state index contributed by atoms with van der Waals surface area (Å²) in [4.78, 5) is 12.3. The first-order valence-corrected chi connectivity index (χ1v) is 9.47. The molecule has 1 aliphatic heterocycles. The second-order valence-electron chi connectivity index (χ2n) is 5.52. The maximum absolute atomic E-state index is 12.9. The molecule has 24 heavy (non-hydrogen) atoms. The quantitative estimate of drug-likeness (QED) is 0.595. The van der Waals surface area contributed by atoms with E-state index in [1.165, 1.54) is 47.4 Å². The number of hydrogen-bond acceptors (Lipinski definition) is 7. The summed E-state index contributed by atoms with van der Waals surface area (Å²) >= 11 is 2.78. The highest BCUT2D eigenvalue weighted by Crippen LogP contribution is 2.30. The molecule has 1 saturated heterocycles. The van der Waals surface area contributed by atoms with E-state index in [2.05, 4.69) is 15.5 Å². The number of anilines is 1. The van der Waals surface area contributed by atoms with Crippen molar-refractivity contribution in [3.8, 4) is 0 Å². The van der Waals surface area contributed by atoms with Crippen molar-refractivity contribution in [2.24, 2.45) is 0 Å². The molecule has 0 unspecified atom stereocenters. The molecular formula is C16H18FN3O2S2. The van der Waals surface area contributed by atoms with Gasteiger partial charge in [-0.3, -0.25) is 4.79 Å². The van der Waals surface area contributed by atoms with Crippen LogP contribution in [0.3, 0.4) is 0 Å². The Morgan fingerprint density at radius 1 is 1.46 bits per heavy atom. The molecule has 128 valence electrons. The van der Waals surface area contributed by atoms with E-state index in [-0.39, 0.29) is 23.0 Å². The van der Waals surface area contributed by atoms with E-state index in [0.717, 1.165) is 35.5 Å². The Kier molecular flexibility index (Phi) is 5.80. The monoisotopic (exact) mass is 367 g/mol. The van der Waals surface area contributed by atoms with Crippen LogP contribution in [-0.4, -0.2) is 40.5 Å². The summed E-state index contributed by atoms with van der Waals surface area (Å²) in [5, 5.41) is 11.8. The van der Waals surface area contributed by atoms with Crippen molar-refractivity contribution in [2.75, 3.05) is 18.5 Å². The second kappa shape index (κ2) is 8.04. The van der Waals surface area contributed by atoms with Gasteiger partial charge in [0.25, 0.3) is 0 Å². The third kappa shape index (κ3) is 4.52. The van der Waals surface area contributed by atoms with E-state index < -0.39 is 0 Å². The first-order chi connectivity index (χ1) is 11.6. The number of halogens is 1. The smallest absolute Gasteiger partial charge is 0.206 e. The first kappa shape index (κ1) is 17.3. The molecule has 0 radical (unpaired) electrons. The second-order valence-corrected chi connectivity index (χ2v) is 8.09. The van der Waals surface area contributed by atoms with Gasteiger partial charge < -0.3 is 10.1 Å². The van der Waals surface area contributed by atoms with E-state index >= 15 is 0 Å². The lowest BCUT2D eigenvalue weighted by Gasteiger charge is -2.09. The van der Waals surface area contributed by atoms with Crippen LogP contribution in [0.2, 0.25) is 0 Å². The Balaban J connectivity index is 1.53. The zero-order chi connectivity index (χ0) is 16.9. The number of carbonyl (C=O) groups is 1. The Morgan fingerprint density at radius 2 is 2.25 bits per heavy atom. The van der Waals surface area contributed by atoms with Crippen LogP contribution in [0.15, 0.2) is 28.6 Å². The van der Waals surface area contributed by atoms with Crippen molar-refractivity contribution in [1.29, 1.82) is 0 Å². The number of benzene rings is 1. The molecule has 0 bridgehead atoms. The molecule has 2 atom stereocenters. The fourth-order valence-corrected chi connectivity index (χ4v) is 4.37. The molecule has 2 heterocycles. The van der Waals surface area contributed by atoms with Crippen molar-refractivity contribution in [3.63, 3.8) is 0 Å². The van der Waals surface area contributed by atoms with Gasteiger partial charge in [-0.05, 0) is 44.0 Å². The number of carbonyl (C=O) groups excluding carboxylic acids is 1. The fourth-order valence-electron chi connectivity index (χ4n) is 2.39. The molecule has 1 fully saturated rings. The highest BCUT2D eigenvalue weighted by molar-refractivity contribution is 8.02. The van der Waals surface area contributed by atoms with Gasteiger partial charge in [-0.15, -0.1) is 10.2 Å². The lowest BCUT2D eigenvalue weighted by Crippen LogP contribution is -2.18. The molecule has 1 aromatic carbocycles.